The molecule has 0 atom stereocenters. The summed E-state index contributed by atoms with van der Waals surface area (Å²) >= 11 is 0. The Morgan fingerprint density at radius 1 is 1.22 bits per heavy atom. The lowest BCUT2D eigenvalue weighted by Crippen LogP contribution is -2.05. The Hall–Kier alpha value is -3.27. The first-order chi connectivity index (χ1) is 11.0. The molecule has 0 saturated carbocycles. The fourth-order valence-electron chi connectivity index (χ4n) is 2.23. The fraction of sp³-hybridized carbons (Fsp3) is 0.0625. The Bertz CT molecular complexity index is 940. The molecule has 0 aliphatic carbocycles. The zero-order valence-corrected chi connectivity index (χ0v) is 12.1. The molecule has 0 aliphatic heterocycles. The summed E-state index contributed by atoms with van der Waals surface area (Å²) in [5.74, 6) is -1.07. The van der Waals surface area contributed by atoms with Gasteiger partial charge in [0.2, 0.25) is 0 Å². The smallest absolute Gasteiger partial charge is 0.156 e. The van der Waals surface area contributed by atoms with E-state index in [1.54, 1.807) is 25.1 Å². The van der Waals surface area contributed by atoms with E-state index in [0.29, 0.717) is 5.82 Å². The van der Waals surface area contributed by atoms with Crippen molar-refractivity contribution in [2.75, 3.05) is 5.73 Å². The first-order valence-electron chi connectivity index (χ1n) is 6.69. The fourth-order valence-corrected chi connectivity index (χ4v) is 2.23. The summed E-state index contributed by atoms with van der Waals surface area (Å²) in [6.07, 6.45) is 0. The Labute approximate surface area is 130 Å². The molecule has 1 aromatic carbocycles. The second kappa shape index (κ2) is 5.50. The van der Waals surface area contributed by atoms with Crippen molar-refractivity contribution in [1.29, 1.82) is 5.26 Å². The van der Waals surface area contributed by atoms with E-state index in [1.165, 1.54) is 10.7 Å². The van der Waals surface area contributed by atoms with Crippen LogP contribution in [0.2, 0.25) is 0 Å². The van der Waals surface area contributed by atoms with E-state index in [4.69, 9.17) is 5.73 Å². The molecule has 0 radical (unpaired) electrons. The molecule has 3 aromatic rings. The van der Waals surface area contributed by atoms with Crippen LogP contribution in [0.25, 0.3) is 17.1 Å². The van der Waals surface area contributed by atoms with Gasteiger partial charge in [-0.25, -0.2) is 13.8 Å². The minimum absolute atomic E-state index is 0.000975. The number of aryl methyl sites for hydroxylation is 1. The third-order valence-corrected chi connectivity index (χ3v) is 3.31. The minimum Gasteiger partial charge on any atom is -0.382 e. The molecule has 2 N–H and O–H groups in total. The number of anilines is 1. The van der Waals surface area contributed by atoms with E-state index < -0.39 is 11.6 Å². The maximum absolute atomic E-state index is 14.0. The number of nitrogen functional groups attached to an aromatic ring is 1. The Balaban J connectivity index is 2.24. The van der Waals surface area contributed by atoms with Crippen LogP contribution in [0.4, 0.5) is 14.6 Å². The average Bonchev–Trinajstić information content (AvgIpc) is 2.84. The van der Waals surface area contributed by atoms with Gasteiger partial charge in [-0.2, -0.15) is 15.0 Å². The van der Waals surface area contributed by atoms with Crippen LogP contribution in [0.15, 0.2) is 36.4 Å². The van der Waals surface area contributed by atoms with Crippen molar-refractivity contribution in [3.8, 4) is 23.1 Å². The zero-order chi connectivity index (χ0) is 16.6. The van der Waals surface area contributed by atoms with Gasteiger partial charge in [-0.15, -0.1) is 0 Å². The molecular weight excluding hydrogens is 300 g/mol. The predicted molar refractivity (Wildman–Crippen MR) is 80.6 cm³/mol. The van der Waals surface area contributed by atoms with Crippen LogP contribution >= 0.6 is 0 Å². The zero-order valence-electron chi connectivity index (χ0n) is 12.1. The van der Waals surface area contributed by atoms with E-state index in [1.807, 2.05) is 6.07 Å². The predicted octanol–water partition coefficient (Wildman–Crippen LogP) is 2.97. The molecule has 3 rings (SSSR count). The number of nitriles is 1. The highest BCUT2D eigenvalue weighted by Crippen LogP contribution is 2.30. The third-order valence-electron chi connectivity index (χ3n) is 3.31. The van der Waals surface area contributed by atoms with Crippen molar-refractivity contribution in [2.24, 2.45) is 0 Å². The van der Waals surface area contributed by atoms with Crippen LogP contribution in [-0.2, 0) is 0 Å². The molecule has 0 unspecified atom stereocenters. The first kappa shape index (κ1) is 14.7. The Kier molecular flexibility index (Phi) is 3.50. The van der Waals surface area contributed by atoms with Crippen molar-refractivity contribution < 1.29 is 8.78 Å². The lowest BCUT2D eigenvalue weighted by atomic mass is 10.1. The maximum atomic E-state index is 14.0. The van der Waals surface area contributed by atoms with E-state index in [-0.39, 0.29) is 22.6 Å². The van der Waals surface area contributed by atoms with Gasteiger partial charge in [-0.05, 0) is 31.2 Å². The molecule has 0 bridgehead atoms. The summed E-state index contributed by atoms with van der Waals surface area (Å²) in [5.41, 5.74) is 6.76. The summed E-state index contributed by atoms with van der Waals surface area (Å²) in [5, 5.41) is 13.5. The number of rotatable bonds is 2. The number of halogens is 2. The van der Waals surface area contributed by atoms with Gasteiger partial charge in [-0.1, -0.05) is 6.07 Å². The molecule has 114 valence electrons. The molecule has 7 heteroatoms. The SMILES string of the molecule is Cc1cccc(-n2nc(-c3ccc(F)cc3F)c(C#N)c2N)n1. The van der Waals surface area contributed by atoms with Gasteiger partial charge in [0.1, 0.15) is 34.8 Å². The molecule has 2 aromatic heterocycles. The van der Waals surface area contributed by atoms with Crippen LogP contribution in [0.3, 0.4) is 0 Å². The molecule has 23 heavy (non-hydrogen) atoms. The normalized spacial score (nSPS) is 10.5. The van der Waals surface area contributed by atoms with Crippen LogP contribution in [0, 0.1) is 29.9 Å². The van der Waals surface area contributed by atoms with Crippen molar-refractivity contribution in [2.45, 2.75) is 6.92 Å². The molecule has 5 nitrogen and oxygen atoms in total. The quantitative estimate of drug-likeness (QED) is 0.789. The van der Waals surface area contributed by atoms with Gasteiger partial charge < -0.3 is 5.73 Å². The second-order valence-corrected chi connectivity index (χ2v) is 4.89. The number of aromatic nitrogens is 3. The summed E-state index contributed by atoms with van der Waals surface area (Å²) in [6, 6.07) is 10.2. The second-order valence-electron chi connectivity index (χ2n) is 4.89. The highest BCUT2D eigenvalue weighted by atomic mass is 19.1. The average molecular weight is 311 g/mol. The van der Waals surface area contributed by atoms with Crippen molar-refractivity contribution >= 4 is 5.82 Å². The Morgan fingerprint density at radius 2 is 2.00 bits per heavy atom. The first-order valence-corrected chi connectivity index (χ1v) is 6.69. The number of nitrogens with zero attached hydrogens (tertiary/aromatic N) is 4. The molecule has 2 heterocycles. The molecule has 0 spiro atoms. The van der Waals surface area contributed by atoms with E-state index in [0.717, 1.165) is 17.8 Å². The van der Waals surface area contributed by atoms with Crippen LogP contribution in [0.5, 0.6) is 0 Å². The van der Waals surface area contributed by atoms with Gasteiger partial charge >= 0.3 is 0 Å². The highest BCUT2D eigenvalue weighted by molar-refractivity contribution is 5.73. The topological polar surface area (TPSA) is 80.5 Å². The number of pyridine rings is 1. The highest BCUT2D eigenvalue weighted by Gasteiger charge is 2.21. The van der Waals surface area contributed by atoms with Crippen LogP contribution in [0.1, 0.15) is 11.3 Å². The number of hydrogen-bond donors (Lipinski definition) is 1. The molecule has 0 fully saturated rings. The number of hydrogen-bond acceptors (Lipinski definition) is 4. The molecule has 0 amide bonds. The minimum atomic E-state index is -0.816. The summed E-state index contributed by atoms with van der Waals surface area (Å²) < 4.78 is 28.3. The monoisotopic (exact) mass is 311 g/mol. The van der Waals surface area contributed by atoms with Gasteiger partial charge in [0.05, 0.1) is 0 Å². The lowest BCUT2D eigenvalue weighted by Gasteiger charge is -2.03. The summed E-state index contributed by atoms with van der Waals surface area (Å²) in [4.78, 5) is 4.28. The van der Waals surface area contributed by atoms with Gasteiger partial charge in [0, 0.05) is 17.3 Å². The molecule has 0 saturated heterocycles. The van der Waals surface area contributed by atoms with E-state index in [9.17, 15) is 14.0 Å². The van der Waals surface area contributed by atoms with Crippen molar-refractivity contribution in [3.05, 3.63) is 59.3 Å². The summed E-state index contributed by atoms with van der Waals surface area (Å²) in [6.45, 7) is 1.80. The van der Waals surface area contributed by atoms with Crippen LogP contribution < -0.4 is 5.73 Å². The number of nitrogens with two attached hydrogens (primary N) is 1. The van der Waals surface area contributed by atoms with Crippen LogP contribution in [-0.4, -0.2) is 14.8 Å². The third kappa shape index (κ3) is 2.51. The van der Waals surface area contributed by atoms with Crippen molar-refractivity contribution in [1.82, 2.24) is 14.8 Å². The van der Waals surface area contributed by atoms with Gasteiger partial charge in [0.15, 0.2) is 5.82 Å². The Morgan fingerprint density at radius 3 is 2.65 bits per heavy atom. The summed E-state index contributed by atoms with van der Waals surface area (Å²) in [7, 11) is 0. The number of benzene rings is 1. The molecular formula is C16H11F2N5. The van der Waals surface area contributed by atoms with E-state index in [2.05, 4.69) is 10.1 Å². The van der Waals surface area contributed by atoms with Crippen molar-refractivity contribution in [3.63, 3.8) is 0 Å². The van der Waals surface area contributed by atoms with Gasteiger partial charge in [-0.3, -0.25) is 0 Å². The standard InChI is InChI=1S/C16H11F2N5/c1-9-3-2-4-14(21-9)23-16(20)12(8-19)15(22-23)11-6-5-10(17)7-13(11)18/h2-7H,20H2,1H3. The lowest BCUT2D eigenvalue weighted by molar-refractivity contribution is 0.585. The molecule has 0 aliphatic rings. The van der Waals surface area contributed by atoms with Gasteiger partial charge in [0.25, 0.3) is 0 Å². The maximum Gasteiger partial charge on any atom is 0.156 e. The van der Waals surface area contributed by atoms with E-state index >= 15 is 0 Å². The largest absolute Gasteiger partial charge is 0.382 e.